The number of aromatic nitrogens is 1. The predicted octanol–water partition coefficient (Wildman–Crippen LogP) is 2.14. The quantitative estimate of drug-likeness (QED) is 0.528. The van der Waals surface area contributed by atoms with E-state index >= 15 is 0 Å². The highest BCUT2D eigenvalue weighted by Crippen LogP contribution is 2.18. The van der Waals surface area contributed by atoms with Crippen molar-refractivity contribution in [1.29, 1.82) is 0 Å². The topological polar surface area (TPSA) is 97.5 Å². The average molecular weight is 284 g/mol. The molecule has 1 aromatic carbocycles. The molecule has 0 bridgehead atoms. The van der Waals surface area contributed by atoms with Crippen LogP contribution >= 0.6 is 0 Å². The van der Waals surface area contributed by atoms with Gasteiger partial charge < -0.3 is 0 Å². The Labute approximate surface area is 120 Å². The molecule has 1 aromatic heterocycles. The lowest BCUT2D eigenvalue weighted by Gasteiger charge is -2.03. The predicted molar refractivity (Wildman–Crippen MR) is 77.0 cm³/mol. The molecular formula is C14H12N4O3. The molecule has 0 fully saturated rings. The summed E-state index contributed by atoms with van der Waals surface area (Å²) in [6.45, 7) is 1.58. The maximum atomic E-state index is 11.8. The molecule has 2 rings (SSSR count). The van der Waals surface area contributed by atoms with Gasteiger partial charge in [0.15, 0.2) is 0 Å². The number of para-hydroxylation sites is 1. The van der Waals surface area contributed by atoms with E-state index in [9.17, 15) is 14.9 Å². The first-order valence-electron chi connectivity index (χ1n) is 6.09. The van der Waals surface area contributed by atoms with Gasteiger partial charge in [-0.2, -0.15) is 5.10 Å². The molecule has 0 aliphatic carbocycles. The molecule has 0 atom stereocenters. The van der Waals surface area contributed by atoms with Crippen LogP contribution in [0.15, 0.2) is 53.8 Å². The zero-order valence-corrected chi connectivity index (χ0v) is 11.2. The molecule has 7 heteroatoms. The maximum absolute atomic E-state index is 11.8. The fourth-order valence-corrected chi connectivity index (χ4v) is 1.69. The number of amides is 1. The zero-order valence-electron chi connectivity index (χ0n) is 11.2. The number of nitrogens with one attached hydrogen (secondary N) is 1. The summed E-state index contributed by atoms with van der Waals surface area (Å²) in [6.07, 6.45) is 1.49. The van der Waals surface area contributed by atoms with Crippen molar-refractivity contribution in [1.82, 2.24) is 10.4 Å². The number of rotatable bonds is 4. The van der Waals surface area contributed by atoms with Crippen LogP contribution in [0.4, 0.5) is 5.69 Å². The number of hydrazone groups is 1. The van der Waals surface area contributed by atoms with E-state index in [2.05, 4.69) is 15.5 Å². The number of hydrogen-bond donors (Lipinski definition) is 1. The molecule has 0 unspecified atom stereocenters. The summed E-state index contributed by atoms with van der Waals surface area (Å²) >= 11 is 0. The van der Waals surface area contributed by atoms with Gasteiger partial charge in [0.1, 0.15) is 5.69 Å². The molecule has 0 saturated heterocycles. The fourth-order valence-electron chi connectivity index (χ4n) is 1.69. The van der Waals surface area contributed by atoms with E-state index in [1.54, 1.807) is 43.3 Å². The summed E-state index contributed by atoms with van der Waals surface area (Å²) in [5, 5.41) is 14.8. The van der Waals surface area contributed by atoms with Crippen LogP contribution in [0.3, 0.4) is 0 Å². The van der Waals surface area contributed by atoms with Crippen LogP contribution < -0.4 is 5.43 Å². The lowest BCUT2D eigenvalue weighted by molar-refractivity contribution is -0.385. The second-order valence-electron chi connectivity index (χ2n) is 4.13. The molecule has 0 aliphatic rings. The number of carbonyl (C=O) groups excluding carboxylic acids is 1. The molecule has 1 heterocycles. The van der Waals surface area contributed by atoms with Crippen molar-refractivity contribution in [3.05, 3.63) is 70.0 Å². The first kappa shape index (κ1) is 14.3. The van der Waals surface area contributed by atoms with E-state index in [1.165, 1.54) is 12.3 Å². The van der Waals surface area contributed by atoms with Crippen molar-refractivity contribution in [3.8, 4) is 0 Å². The van der Waals surface area contributed by atoms with Gasteiger partial charge >= 0.3 is 0 Å². The second kappa shape index (κ2) is 6.38. The number of hydrogen-bond acceptors (Lipinski definition) is 5. The molecule has 0 saturated carbocycles. The Bertz CT molecular complexity index is 698. The Kier molecular flexibility index (Phi) is 4.35. The molecule has 2 aromatic rings. The van der Waals surface area contributed by atoms with Crippen LogP contribution in [0.2, 0.25) is 0 Å². The normalized spacial score (nSPS) is 11.0. The van der Waals surface area contributed by atoms with Crippen LogP contribution in [0.25, 0.3) is 0 Å². The molecule has 1 N–H and O–H groups in total. The Morgan fingerprint density at radius 1 is 1.24 bits per heavy atom. The highest BCUT2D eigenvalue weighted by atomic mass is 16.6. The van der Waals surface area contributed by atoms with E-state index in [1.807, 2.05) is 0 Å². The smallest absolute Gasteiger partial charge is 0.266 e. The number of pyridine rings is 1. The first-order chi connectivity index (χ1) is 10.1. The molecule has 0 spiro atoms. The highest BCUT2D eigenvalue weighted by molar-refractivity contribution is 6.03. The molecule has 21 heavy (non-hydrogen) atoms. The zero-order chi connectivity index (χ0) is 15.2. The first-order valence-corrected chi connectivity index (χ1v) is 6.09. The average Bonchev–Trinajstić information content (AvgIpc) is 2.53. The van der Waals surface area contributed by atoms with Gasteiger partial charge in [0.05, 0.1) is 16.2 Å². The van der Waals surface area contributed by atoms with Gasteiger partial charge in [0.25, 0.3) is 11.6 Å². The van der Waals surface area contributed by atoms with Gasteiger partial charge in [-0.05, 0) is 25.1 Å². The number of carbonyl (C=O) groups is 1. The number of nitro benzene ring substituents is 1. The van der Waals surface area contributed by atoms with Crippen LogP contribution in [0, 0.1) is 10.1 Å². The number of nitro groups is 1. The van der Waals surface area contributed by atoms with Gasteiger partial charge in [0, 0.05) is 12.3 Å². The van der Waals surface area contributed by atoms with Crippen molar-refractivity contribution in [2.45, 2.75) is 6.92 Å². The van der Waals surface area contributed by atoms with Crippen molar-refractivity contribution < 1.29 is 9.72 Å². The summed E-state index contributed by atoms with van der Waals surface area (Å²) in [5.41, 5.74) is 3.17. The molecule has 1 amide bonds. The van der Waals surface area contributed by atoms with E-state index in [-0.39, 0.29) is 11.4 Å². The van der Waals surface area contributed by atoms with Crippen molar-refractivity contribution in [3.63, 3.8) is 0 Å². The molecule has 7 nitrogen and oxygen atoms in total. The Balaban J connectivity index is 2.19. The maximum Gasteiger partial charge on any atom is 0.289 e. The lowest BCUT2D eigenvalue weighted by Crippen LogP contribution is -2.20. The van der Waals surface area contributed by atoms with E-state index in [4.69, 9.17) is 0 Å². The Morgan fingerprint density at radius 2 is 1.95 bits per heavy atom. The summed E-state index contributed by atoms with van der Waals surface area (Å²) in [4.78, 5) is 26.1. The standard InChI is InChI=1S/C14H12N4O3/c1-10(11-6-2-3-8-13(11)18(20)21)16-17-14(19)12-7-4-5-9-15-12/h2-9H,1H3,(H,17,19)/b16-10-. The highest BCUT2D eigenvalue weighted by Gasteiger charge is 2.15. The summed E-state index contributed by atoms with van der Waals surface area (Å²) < 4.78 is 0. The largest absolute Gasteiger partial charge is 0.289 e. The number of nitrogens with zero attached hydrogens (tertiary/aromatic N) is 3. The summed E-state index contributed by atoms with van der Waals surface area (Å²) in [6, 6.07) is 11.1. The van der Waals surface area contributed by atoms with Gasteiger partial charge in [-0.1, -0.05) is 18.2 Å². The monoisotopic (exact) mass is 284 g/mol. The fraction of sp³-hybridized carbons (Fsp3) is 0.0714. The number of benzene rings is 1. The van der Waals surface area contributed by atoms with E-state index < -0.39 is 10.8 Å². The molecule has 0 radical (unpaired) electrons. The van der Waals surface area contributed by atoms with Crippen LogP contribution in [-0.2, 0) is 0 Å². The van der Waals surface area contributed by atoms with E-state index in [0.29, 0.717) is 11.3 Å². The SMILES string of the molecule is C/C(=N/NC(=O)c1ccccn1)c1ccccc1[N+](=O)[O-]. The van der Waals surface area contributed by atoms with Gasteiger partial charge in [-0.25, -0.2) is 5.43 Å². The molecular weight excluding hydrogens is 272 g/mol. The van der Waals surface area contributed by atoms with Crippen LogP contribution in [0.5, 0.6) is 0 Å². The van der Waals surface area contributed by atoms with Gasteiger partial charge in [-0.3, -0.25) is 19.9 Å². The second-order valence-corrected chi connectivity index (χ2v) is 4.13. The third-order valence-electron chi connectivity index (χ3n) is 2.71. The third kappa shape index (κ3) is 3.47. The van der Waals surface area contributed by atoms with Crippen LogP contribution in [0.1, 0.15) is 23.0 Å². The minimum absolute atomic E-state index is 0.0640. The minimum Gasteiger partial charge on any atom is -0.266 e. The van der Waals surface area contributed by atoms with Crippen molar-refractivity contribution in [2.75, 3.05) is 0 Å². The Morgan fingerprint density at radius 3 is 2.62 bits per heavy atom. The molecule has 0 aliphatic heterocycles. The summed E-state index contributed by atoms with van der Waals surface area (Å²) in [5.74, 6) is -0.478. The van der Waals surface area contributed by atoms with Crippen LogP contribution in [-0.4, -0.2) is 21.5 Å². The third-order valence-corrected chi connectivity index (χ3v) is 2.71. The van der Waals surface area contributed by atoms with Gasteiger partial charge in [-0.15, -0.1) is 0 Å². The molecule has 106 valence electrons. The lowest BCUT2D eigenvalue weighted by atomic mass is 10.1. The van der Waals surface area contributed by atoms with E-state index in [0.717, 1.165) is 0 Å². The van der Waals surface area contributed by atoms with Crippen molar-refractivity contribution >= 4 is 17.3 Å². The minimum atomic E-state index is -0.491. The summed E-state index contributed by atoms with van der Waals surface area (Å²) in [7, 11) is 0. The Hall–Kier alpha value is -3.09. The van der Waals surface area contributed by atoms with Crippen molar-refractivity contribution in [2.24, 2.45) is 5.10 Å². The van der Waals surface area contributed by atoms with Gasteiger partial charge in [0.2, 0.25) is 0 Å².